The lowest BCUT2D eigenvalue weighted by Crippen LogP contribution is -1.90. The van der Waals surface area contributed by atoms with Gasteiger partial charge in [-0.3, -0.25) is 4.98 Å². The van der Waals surface area contributed by atoms with E-state index < -0.39 is 0 Å². The first-order chi connectivity index (χ1) is 12.1. The predicted molar refractivity (Wildman–Crippen MR) is 104 cm³/mol. The monoisotopic (exact) mass is 321 g/mol. The molecule has 0 atom stereocenters. The van der Waals surface area contributed by atoms with E-state index in [0.717, 1.165) is 22.2 Å². The molecule has 0 spiro atoms. The fraction of sp³-hybridized carbons (Fsp3) is 0.125. The third-order valence-corrected chi connectivity index (χ3v) is 4.71. The molecule has 0 unspecified atom stereocenters. The van der Waals surface area contributed by atoms with Crippen molar-refractivity contribution >= 4 is 10.9 Å². The molecule has 0 radical (unpaired) electrons. The van der Waals surface area contributed by atoms with E-state index in [1.54, 1.807) is 0 Å². The third kappa shape index (κ3) is 2.88. The highest BCUT2D eigenvalue weighted by Gasteiger charge is 2.08. The SMILES string of the molecule is Cc1c#cc(-c2ccc3c(C)c(-c4ccc(C)cc4)cnc3c2)cc1. The van der Waals surface area contributed by atoms with Crippen LogP contribution < -0.4 is 0 Å². The Kier molecular flexibility index (Phi) is 3.75. The summed E-state index contributed by atoms with van der Waals surface area (Å²) in [6.07, 6.45) is 1.98. The molecule has 0 saturated carbocycles. The summed E-state index contributed by atoms with van der Waals surface area (Å²) in [5, 5.41) is 1.19. The Balaban J connectivity index is 1.81. The van der Waals surface area contributed by atoms with Crippen molar-refractivity contribution in [1.29, 1.82) is 0 Å². The molecule has 0 aliphatic carbocycles. The standard InChI is InChI=1S/C24H19N/c1-16-4-8-19(9-5-16)21-12-13-22-18(3)23(15-25-24(22)14-21)20-10-6-17(2)7-11-20/h4,6-8,10-15H,1-3H3. The second-order valence-electron chi connectivity index (χ2n) is 6.57. The first kappa shape index (κ1) is 15.4. The quantitative estimate of drug-likeness (QED) is 0.435. The molecule has 0 aliphatic rings. The van der Waals surface area contributed by atoms with Crippen LogP contribution in [0.3, 0.4) is 0 Å². The van der Waals surface area contributed by atoms with Crippen LogP contribution in [0.2, 0.25) is 0 Å². The van der Waals surface area contributed by atoms with Gasteiger partial charge in [0.1, 0.15) is 0 Å². The van der Waals surface area contributed by atoms with Crippen molar-refractivity contribution in [1.82, 2.24) is 4.98 Å². The summed E-state index contributed by atoms with van der Waals surface area (Å²) in [6.45, 7) is 6.30. The van der Waals surface area contributed by atoms with E-state index in [2.05, 4.69) is 80.6 Å². The Morgan fingerprint density at radius 1 is 0.760 bits per heavy atom. The van der Waals surface area contributed by atoms with Crippen molar-refractivity contribution in [3.8, 4) is 22.3 Å². The van der Waals surface area contributed by atoms with E-state index in [-0.39, 0.29) is 0 Å². The van der Waals surface area contributed by atoms with Crippen LogP contribution in [-0.2, 0) is 0 Å². The minimum atomic E-state index is 1.01. The predicted octanol–water partition coefficient (Wildman–Crippen LogP) is 6.09. The first-order valence-electron chi connectivity index (χ1n) is 8.49. The summed E-state index contributed by atoms with van der Waals surface area (Å²) < 4.78 is 0. The Morgan fingerprint density at radius 2 is 1.52 bits per heavy atom. The van der Waals surface area contributed by atoms with Gasteiger partial charge in [-0.1, -0.05) is 54.1 Å². The van der Waals surface area contributed by atoms with Crippen molar-refractivity contribution in [3.63, 3.8) is 0 Å². The van der Waals surface area contributed by atoms with Gasteiger partial charge in [0, 0.05) is 22.7 Å². The smallest absolute Gasteiger partial charge is 0.0711 e. The molecule has 0 amide bonds. The van der Waals surface area contributed by atoms with Gasteiger partial charge in [0.2, 0.25) is 0 Å². The van der Waals surface area contributed by atoms with Crippen molar-refractivity contribution in [2.75, 3.05) is 0 Å². The highest BCUT2D eigenvalue weighted by atomic mass is 14.7. The molecular formula is C24H19N. The molecule has 0 saturated heterocycles. The van der Waals surface area contributed by atoms with Crippen LogP contribution in [0.25, 0.3) is 33.2 Å². The zero-order chi connectivity index (χ0) is 17.4. The topological polar surface area (TPSA) is 12.9 Å². The second-order valence-corrected chi connectivity index (χ2v) is 6.57. The molecule has 1 heteroatoms. The van der Waals surface area contributed by atoms with Crippen LogP contribution >= 0.6 is 0 Å². The van der Waals surface area contributed by atoms with Gasteiger partial charge in [-0.2, -0.15) is 0 Å². The van der Waals surface area contributed by atoms with Gasteiger partial charge in [-0.25, -0.2) is 0 Å². The number of fused-ring (bicyclic) bond motifs is 1. The molecule has 0 aliphatic heterocycles. The number of benzene rings is 2. The molecular weight excluding hydrogens is 302 g/mol. The van der Waals surface area contributed by atoms with Crippen LogP contribution in [0.15, 0.2) is 60.8 Å². The Morgan fingerprint density at radius 3 is 2.24 bits per heavy atom. The molecule has 1 heterocycles. The average Bonchev–Trinajstić information content (AvgIpc) is 2.63. The average molecular weight is 321 g/mol. The van der Waals surface area contributed by atoms with E-state index >= 15 is 0 Å². The molecule has 120 valence electrons. The number of nitrogens with zero attached hydrogens (tertiary/aromatic N) is 1. The maximum atomic E-state index is 4.72. The van der Waals surface area contributed by atoms with Crippen LogP contribution in [0.4, 0.5) is 0 Å². The minimum absolute atomic E-state index is 1.01. The van der Waals surface area contributed by atoms with Crippen molar-refractivity contribution in [2.45, 2.75) is 20.8 Å². The van der Waals surface area contributed by atoms with E-state index in [0.29, 0.717) is 0 Å². The zero-order valence-corrected chi connectivity index (χ0v) is 14.7. The van der Waals surface area contributed by atoms with Crippen molar-refractivity contribution < 1.29 is 0 Å². The summed E-state index contributed by atoms with van der Waals surface area (Å²) in [5.41, 5.74) is 9.22. The number of rotatable bonds is 2. The minimum Gasteiger partial charge on any atom is -0.256 e. The third-order valence-electron chi connectivity index (χ3n) is 4.71. The first-order valence-corrected chi connectivity index (χ1v) is 8.49. The van der Waals surface area contributed by atoms with E-state index in [1.807, 2.05) is 13.1 Å². The summed E-state index contributed by atoms with van der Waals surface area (Å²) in [4.78, 5) is 4.72. The van der Waals surface area contributed by atoms with Gasteiger partial charge in [-0.15, -0.1) is 0 Å². The number of aromatic nitrogens is 1. The van der Waals surface area contributed by atoms with Crippen molar-refractivity contribution in [3.05, 3.63) is 89.6 Å². The lowest BCUT2D eigenvalue weighted by atomic mass is 9.96. The molecule has 1 nitrogen and oxygen atoms in total. The summed E-state index contributed by atoms with van der Waals surface area (Å²) >= 11 is 0. The number of aryl methyl sites for hydroxylation is 3. The molecule has 0 bridgehead atoms. The molecule has 3 aromatic carbocycles. The molecule has 4 aromatic rings. The van der Waals surface area contributed by atoms with Gasteiger partial charge >= 0.3 is 0 Å². The molecule has 0 fully saturated rings. The van der Waals surface area contributed by atoms with Gasteiger partial charge in [0.15, 0.2) is 0 Å². The van der Waals surface area contributed by atoms with E-state index in [4.69, 9.17) is 4.98 Å². The summed E-state index contributed by atoms with van der Waals surface area (Å²) in [5.74, 6) is 0. The van der Waals surface area contributed by atoms with Gasteiger partial charge in [0.25, 0.3) is 0 Å². The highest BCUT2D eigenvalue weighted by Crippen LogP contribution is 2.30. The van der Waals surface area contributed by atoms with Crippen LogP contribution in [0.5, 0.6) is 0 Å². The normalized spacial score (nSPS) is 10.7. The number of pyridine rings is 1. The van der Waals surface area contributed by atoms with Crippen LogP contribution in [0, 0.1) is 32.9 Å². The number of hydrogen-bond acceptors (Lipinski definition) is 1. The Hall–Kier alpha value is -3.11. The fourth-order valence-corrected chi connectivity index (χ4v) is 3.15. The van der Waals surface area contributed by atoms with Crippen LogP contribution in [0.1, 0.15) is 16.7 Å². The lowest BCUT2D eigenvalue weighted by molar-refractivity contribution is 1.36. The fourth-order valence-electron chi connectivity index (χ4n) is 3.15. The zero-order valence-electron chi connectivity index (χ0n) is 14.7. The lowest BCUT2D eigenvalue weighted by Gasteiger charge is -2.10. The van der Waals surface area contributed by atoms with E-state index in [9.17, 15) is 0 Å². The Bertz CT molecular complexity index is 1040. The largest absolute Gasteiger partial charge is 0.256 e. The van der Waals surface area contributed by atoms with E-state index in [1.165, 1.54) is 27.6 Å². The summed E-state index contributed by atoms with van der Waals surface area (Å²) in [6, 6.07) is 25.6. The molecule has 1 aromatic heterocycles. The van der Waals surface area contributed by atoms with Gasteiger partial charge in [-0.05, 0) is 61.2 Å². The second kappa shape index (κ2) is 6.07. The maximum Gasteiger partial charge on any atom is 0.0711 e. The molecule has 25 heavy (non-hydrogen) atoms. The van der Waals surface area contributed by atoms with Gasteiger partial charge < -0.3 is 0 Å². The number of hydrogen-bond donors (Lipinski definition) is 0. The van der Waals surface area contributed by atoms with Crippen molar-refractivity contribution in [2.24, 2.45) is 0 Å². The Labute approximate surface area is 149 Å². The molecule has 0 N–H and O–H groups in total. The highest BCUT2D eigenvalue weighted by molar-refractivity contribution is 5.91. The van der Waals surface area contributed by atoms with Gasteiger partial charge in [0.05, 0.1) is 5.52 Å². The maximum absolute atomic E-state index is 4.72. The molecule has 4 rings (SSSR count). The summed E-state index contributed by atoms with van der Waals surface area (Å²) in [7, 11) is 0. The van der Waals surface area contributed by atoms with Crippen LogP contribution in [-0.4, -0.2) is 4.98 Å².